The number of amides is 1. The number of ether oxygens (including phenoxy) is 1. The van der Waals surface area contributed by atoms with Crippen molar-refractivity contribution in [3.63, 3.8) is 0 Å². The topological polar surface area (TPSA) is 81.1 Å². The number of carbonyl (C=O) groups is 1. The van der Waals surface area contributed by atoms with Crippen LogP contribution in [0.2, 0.25) is 0 Å². The molecule has 0 N–H and O–H groups in total. The molecular weight excluding hydrogens is 350 g/mol. The van der Waals surface area contributed by atoms with Crippen LogP contribution in [0.4, 0.5) is 5.69 Å². The fourth-order valence-corrected chi connectivity index (χ4v) is 3.18. The standard InChI is InChI=1S/C18H15N5O2S/c1-11(24)23-14-6-4-3-5-13(14)15-16(20-18(26-2)22-21-15)25-17(23)12-7-9-19-10-8-12/h3-10,17H,1-2H3/t17-/m0/s1. The third-order valence-electron chi connectivity index (χ3n) is 4.02. The molecule has 0 aliphatic carbocycles. The minimum Gasteiger partial charge on any atom is -0.447 e. The quantitative estimate of drug-likeness (QED) is 0.646. The average molecular weight is 365 g/mol. The Balaban J connectivity index is 1.98. The van der Waals surface area contributed by atoms with E-state index >= 15 is 0 Å². The first-order chi connectivity index (χ1) is 12.7. The third-order valence-corrected chi connectivity index (χ3v) is 4.56. The van der Waals surface area contributed by atoms with Gasteiger partial charge in [0.1, 0.15) is 0 Å². The van der Waals surface area contributed by atoms with Gasteiger partial charge in [-0.3, -0.25) is 14.7 Å². The smallest absolute Gasteiger partial charge is 0.247 e. The lowest BCUT2D eigenvalue weighted by molar-refractivity contribution is -0.118. The summed E-state index contributed by atoms with van der Waals surface area (Å²) < 4.78 is 6.19. The number of nitrogens with zero attached hydrogens (tertiary/aromatic N) is 5. The largest absolute Gasteiger partial charge is 0.447 e. The summed E-state index contributed by atoms with van der Waals surface area (Å²) in [5.74, 6) is 0.201. The normalized spacial score (nSPS) is 15.5. The summed E-state index contributed by atoms with van der Waals surface area (Å²) >= 11 is 1.38. The number of aromatic nitrogens is 4. The second-order valence-electron chi connectivity index (χ2n) is 5.61. The number of anilines is 1. The molecule has 2 aromatic heterocycles. The lowest BCUT2D eigenvalue weighted by Gasteiger charge is -2.29. The van der Waals surface area contributed by atoms with E-state index in [0.717, 1.165) is 11.1 Å². The van der Waals surface area contributed by atoms with Crippen LogP contribution in [0.1, 0.15) is 18.7 Å². The van der Waals surface area contributed by atoms with Crippen molar-refractivity contribution in [3.05, 3.63) is 54.4 Å². The highest BCUT2D eigenvalue weighted by molar-refractivity contribution is 7.98. The lowest BCUT2D eigenvalue weighted by Crippen LogP contribution is -2.36. The summed E-state index contributed by atoms with van der Waals surface area (Å²) in [6.07, 6.45) is 4.53. The van der Waals surface area contributed by atoms with Crippen molar-refractivity contribution in [3.8, 4) is 17.1 Å². The molecule has 0 saturated carbocycles. The van der Waals surface area contributed by atoms with Gasteiger partial charge in [-0.2, -0.15) is 4.98 Å². The number of carbonyl (C=O) groups excluding carboxylic acids is 1. The minimum absolute atomic E-state index is 0.148. The van der Waals surface area contributed by atoms with Crippen LogP contribution >= 0.6 is 11.8 Å². The van der Waals surface area contributed by atoms with Gasteiger partial charge in [0.15, 0.2) is 5.69 Å². The van der Waals surface area contributed by atoms with Crippen LogP contribution in [-0.4, -0.2) is 32.3 Å². The maximum atomic E-state index is 12.5. The van der Waals surface area contributed by atoms with Crippen LogP contribution in [0, 0.1) is 0 Å². The molecule has 130 valence electrons. The Morgan fingerprint density at radius 3 is 2.65 bits per heavy atom. The Labute approximate surface area is 154 Å². The first-order valence-corrected chi connectivity index (χ1v) is 9.16. The molecule has 26 heavy (non-hydrogen) atoms. The molecule has 1 amide bonds. The number of hydrogen-bond acceptors (Lipinski definition) is 7. The maximum Gasteiger partial charge on any atom is 0.247 e. The summed E-state index contributed by atoms with van der Waals surface area (Å²) in [7, 11) is 0. The minimum atomic E-state index is -0.677. The van der Waals surface area contributed by atoms with Gasteiger partial charge in [-0.15, -0.1) is 10.2 Å². The first kappa shape index (κ1) is 16.5. The molecular formula is C18H15N5O2S. The Morgan fingerprint density at radius 1 is 1.15 bits per heavy atom. The number of thioether (sulfide) groups is 1. The summed E-state index contributed by atoms with van der Waals surface area (Å²) in [4.78, 5) is 22.7. The molecule has 0 saturated heterocycles. The van der Waals surface area contributed by atoms with Crippen molar-refractivity contribution in [2.75, 3.05) is 11.2 Å². The number of fused-ring (bicyclic) bond motifs is 3. The van der Waals surface area contributed by atoms with Crippen LogP contribution < -0.4 is 9.64 Å². The molecule has 1 aliphatic heterocycles. The Morgan fingerprint density at radius 2 is 1.92 bits per heavy atom. The molecule has 1 atom stereocenters. The van der Waals surface area contributed by atoms with Crippen molar-refractivity contribution >= 4 is 23.4 Å². The second-order valence-corrected chi connectivity index (χ2v) is 6.38. The number of hydrogen-bond donors (Lipinski definition) is 0. The van der Waals surface area contributed by atoms with E-state index in [4.69, 9.17) is 4.74 Å². The number of rotatable bonds is 2. The van der Waals surface area contributed by atoms with Crippen LogP contribution in [-0.2, 0) is 4.79 Å². The van der Waals surface area contributed by atoms with E-state index in [2.05, 4.69) is 20.2 Å². The van der Waals surface area contributed by atoms with E-state index < -0.39 is 6.23 Å². The van der Waals surface area contributed by atoms with E-state index in [1.165, 1.54) is 18.7 Å². The summed E-state index contributed by atoms with van der Waals surface area (Å²) in [6, 6.07) is 11.2. The van der Waals surface area contributed by atoms with Gasteiger partial charge in [-0.05, 0) is 24.5 Å². The van der Waals surface area contributed by atoms with Crippen molar-refractivity contribution in [2.45, 2.75) is 18.3 Å². The molecule has 1 aromatic carbocycles. The van der Waals surface area contributed by atoms with Crippen molar-refractivity contribution in [2.24, 2.45) is 0 Å². The van der Waals surface area contributed by atoms with Gasteiger partial charge in [-0.25, -0.2) is 0 Å². The SMILES string of the molecule is CSc1nnc2c(n1)O[C@@H](c1ccncc1)N(C(C)=O)c1ccccc1-2. The highest BCUT2D eigenvalue weighted by Crippen LogP contribution is 2.43. The van der Waals surface area contributed by atoms with E-state index in [-0.39, 0.29) is 5.91 Å². The maximum absolute atomic E-state index is 12.5. The molecule has 0 unspecified atom stereocenters. The van der Waals surface area contributed by atoms with Gasteiger partial charge in [0.25, 0.3) is 0 Å². The molecule has 0 bridgehead atoms. The highest BCUT2D eigenvalue weighted by Gasteiger charge is 2.34. The zero-order chi connectivity index (χ0) is 18.1. The molecule has 0 spiro atoms. The van der Waals surface area contributed by atoms with Gasteiger partial charge in [0.05, 0.1) is 5.69 Å². The number of para-hydroxylation sites is 1. The summed E-state index contributed by atoms with van der Waals surface area (Å²) in [5, 5.41) is 8.94. The summed E-state index contributed by atoms with van der Waals surface area (Å²) in [5.41, 5.74) is 2.76. The van der Waals surface area contributed by atoms with Gasteiger partial charge >= 0.3 is 0 Å². The van der Waals surface area contributed by atoms with Gasteiger partial charge in [-0.1, -0.05) is 30.0 Å². The predicted molar refractivity (Wildman–Crippen MR) is 97.8 cm³/mol. The van der Waals surface area contributed by atoms with E-state index in [0.29, 0.717) is 22.4 Å². The van der Waals surface area contributed by atoms with Crippen molar-refractivity contribution in [1.82, 2.24) is 20.2 Å². The van der Waals surface area contributed by atoms with Crippen molar-refractivity contribution < 1.29 is 9.53 Å². The fourth-order valence-electron chi connectivity index (χ4n) is 2.88. The zero-order valence-corrected chi connectivity index (χ0v) is 15.0. The van der Waals surface area contributed by atoms with Crippen LogP contribution in [0.3, 0.4) is 0 Å². The molecule has 0 fully saturated rings. The molecule has 0 radical (unpaired) electrons. The molecule has 1 aliphatic rings. The van der Waals surface area contributed by atoms with Gasteiger partial charge in [0, 0.05) is 30.4 Å². The molecule has 7 nitrogen and oxygen atoms in total. The molecule has 3 heterocycles. The van der Waals surface area contributed by atoms with Crippen molar-refractivity contribution in [1.29, 1.82) is 0 Å². The Hall–Kier alpha value is -3.00. The van der Waals surface area contributed by atoms with Crippen LogP contribution in [0.5, 0.6) is 5.88 Å². The number of benzene rings is 1. The fraction of sp³-hybridized carbons (Fsp3) is 0.167. The van der Waals surface area contributed by atoms with Crippen LogP contribution in [0.25, 0.3) is 11.3 Å². The third kappa shape index (κ3) is 2.78. The second kappa shape index (κ2) is 6.72. The van der Waals surface area contributed by atoms with E-state index in [1.807, 2.05) is 42.7 Å². The lowest BCUT2D eigenvalue weighted by atomic mass is 10.1. The van der Waals surface area contributed by atoms with Gasteiger partial charge in [0.2, 0.25) is 23.2 Å². The molecule has 8 heteroatoms. The monoisotopic (exact) mass is 365 g/mol. The van der Waals surface area contributed by atoms with E-state index in [9.17, 15) is 4.79 Å². The molecule has 3 aromatic rings. The Kier molecular flexibility index (Phi) is 4.26. The van der Waals surface area contributed by atoms with Gasteiger partial charge < -0.3 is 4.74 Å². The summed E-state index contributed by atoms with van der Waals surface area (Å²) in [6.45, 7) is 1.51. The zero-order valence-electron chi connectivity index (χ0n) is 14.2. The first-order valence-electron chi connectivity index (χ1n) is 7.93. The molecule has 4 rings (SSSR count). The Bertz CT molecular complexity index is 967. The average Bonchev–Trinajstić information content (AvgIpc) is 2.82. The highest BCUT2D eigenvalue weighted by atomic mass is 32.2. The van der Waals surface area contributed by atoms with Crippen LogP contribution in [0.15, 0.2) is 53.9 Å². The predicted octanol–water partition coefficient (Wildman–Crippen LogP) is 3.10. The van der Waals surface area contributed by atoms with E-state index in [1.54, 1.807) is 17.3 Å². The number of pyridine rings is 1.